The first kappa shape index (κ1) is 18.8. The van der Waals surface area contributed by atoms with Gasteiger partial charge in [-0.05, 0) is 41.6 Å². The number of amides is 1. The minimum atomic E-state index is -0.222. The Kier molecular flexibility index (Phi) is 5.57. The second-order valence-corrected chi connectivity index (χ2v) is 6.94. The molecule has 0 radical (unpaired) electrons. The topological polar surface area (TPSA) is 94.8 Å². The number of hydrogen-bond acceptors (Lipinski definition) is 7. The maximum Gasteiger partial charge on any atom is 0.257 e. The molecule has 2 aromatic heterocycles. The molecule has 0 fully saturated rings. The maximum absolute atomic E-state index is 12.5. The van der Waals surface area contributed by atoms with E-state index in [1.165, 1.54) is 11.3 Å². The molecule has 29 heavy (non-hydrogen) atoms. The molecule has 0 aliphatic carbocycles. The number of carbonyl (C=O) groups is 1. The van der Waals surface area contributed by atoms with Gasteiger partial charge in [0, 0.05) is 23.1 Å². The third-order valence-electron chi connectivity index (χ3n) is 4.18. The number of anilines is 1. The number of tetrazole rings is 1. The van der Waals surface area contributed by atoms with Crippen molar-refractivity contribution in [1.29, 1.82) is 0 Å². The van der Waals surface area contributed by atoms with Crippen LogP contribution < -0.4 is 10.1 Å². The zero-order valence-electron chi connectivity index (χ0n) is 15.6. The molecule has 0 saturated heterocycles. The molecule has 4 rings (SSSR count). The average Bonchev–Trinajstić information content (AvgIpc) is 3.42. The predicted molar refractivity (Wildman–Crippen MR) is 110 cm³/mol. The van der Waals surface area contributed by atoms with E-state index in [-0.39, 0.29) is 12.5 Å². The first-order valence-electron chi connectivity index (χ1n) is 9.03. The smallest absolute Gasteiger partial charge is 0.257 e. The van der Waals surface area contributed by atoms with Gasteiger partial charge >= 0.3 is 0 Å². The monoisotopic (exact) mass is 406 g/mol. The van der Waals surface area contributed by atoms with Gasteiger partial charge in [0.15, 0.2) is 11.0 Å². The Morgan fingerprint density at radius 3 is 2.69 bits per heavy atom. The summed E-state index contributed by atoms with van der Waals surface area (Å²) in [6.45, 7) is 2.89. The van der Waals surface area contributed by atoms with Gasteiger partial charge in [0.25, 0.3) is 5.91 Å². The molecule has 9 heteroatoms. The average molecular weight is 406 g/mol. The van der Waals surface area contributed by atoms with Crippen LogP contribution in [0.2, 0.25) is 0 Å². The SMILES string of the molecule is CCn1nnnc1COc1ccc(C(=O)Nc2nc(-c3ccccc3)cs2)cc1. The number of benzene rings is 2. The summed E-state index contributed by atoms with van der Waals surface area (Å²) in [4.78, 5) is 17.0. The third kappa shape index (κ3) is 4.46. The number of aromatic nitrogens is 5. The number of aryl methyl sites for hydroxylation is 1. The number of nitrogens with zero attached hydrogens (tertiary/aromatic N) is 5. The van der Waals surface area contributed by atoms with Crippen LogP contribution in [0.4, 0.5) is 5.13 Å². The second kappa shape index (κ2) is 8.61. The van der Waals surface area contributed by atoms with Gasteiger partial charge in [-0.15, -0.1) is 16.4 Å². The molecular formula is C20H18N6O2S. The molecule has 146 valence electrons. The Bertz CT molecular complexity index is 1090. The number of carbonyl (C=O) groups excluding carboxylic acids is 1. The van der Waals surface area contributed by atoms with Crippen molar-refractivity contribution in [2.45, 2.75) is 20.1 Å². The molecule has 8 nitrogen and oxygen atoms in total. The molecule has 2 heterocycles. The summed E-state index contributed by atoms with van der Waals surface area (Å²) in [6, 6.07) is 16.7. The number of nitrogens with one attached hydrogen (secondary N) is 1. The quantitative estimate of drug-likeness (QED) is 0.503. The number of thiazole rings is 1. The summed E-state index contributed by atoms with van der Waals surface area (Å²) < 4.78 is 7.36. The Labute approximate surface area is 171 Å². The van der Waals surface area contributed by atoms with Gasteiger partial charge < -0.3 is 4.74 Å². The lowest BCUT2D eigenvalue weighted by atomic mass is 10.2. The fourth-order valence-electron chi connectivity index (χ4n) is 2.66. The van der Waals surface area contributed by atoms with Crippen molar-refractivity contribution in [1.82, 2.24) is 25.2 Å². The molecule has 4 aromatic rings. The van der Waals surface area contributed by atoms with Crippen molar-refractivity contribution in [2.24, 2.45) is 0 Å². The zero-order chi connectivity index (χ0) is 20.1. The molecule has 0 aliphatic rings. The molecule has 0 aliphatic heterocycles. The van der Waals surface area contributed by atoms with Gasteiger partial charge in [0.1, 0.15) is 12.4 Å². The molecule has 0 atom stereocenters. The normalized spacial score (nSPS) is 10.7. The molecule has 0 spiro atoms. The van der Waals surface area contributed by atoms with E-state index in [1.807, 2.05) is 42.6 Å². The van der Waals surface area contributed by atoms with E-state index < -0.39 is 0 Å². The van der Waals surface area contributed by atoms with Crippen molar-refractivity contribution in [3.8, 4) is 17.0 Å². The number of ether oxygens (including phenoxy) is 1. The van der Waals surface area contributed by atoms with E-state index in [0.29, 0.717) is 28.8 Å². The van der Waals surface area contributed by atoms with E-state index in [1.54, 1.807) is 28.9 Å². The van der Waals surface area contributed by atoms with Crippen molar-refractivity contribution in [3.05, 3.63) is 71.4 Å². The summed E-state index contributed by atoms with van der Waals surface area (Å²) in [5, 5.41) is 16.7. The van der Waals surface area contributed by atoms with Gasteiger partial charge in [-0.3, -0.25) is 10.1 Å². The van der Waals surface area contributed by atoms with Gasteiger partial charge in [0.2, 0.25) is 0 Å². The summed E-state index contributed by atoms with van der Waals surface area (Å²) in [7, 11) is 0. The van der Waals surface area contributed by atoms with E-state index in [9.17, 15) is 4.79 Å². The van der Waals surface area contributed by atoms with Crippen molar-refractivity contribution in [3.63, 3.8) is 0 Å². The van der Waals surface area contributed by atoms with E-state index in [0.717, 1.165) is 11.3 Å². The van der Waals surface area contributed by atoms with Crippen LogP contribution >= 0.6 is 11.3 Å². The second-order valence-electron chi connectivity index (χ2n) is 6.08. The van der Waals surface area contributed by atoms with Crippen LogP contribution in [-0.2, 0) is 13.2 Å². The lowest BCUT2D eigenvalue weighted by Crippen LogP contribution is -2.11. The molecule has 1 N–H and O–H groups in total. The Hall–Kier alpha value is -3.59. The fourth-order valence-corrected chi connectivity index (χ4v) is 3.38. The first-order valence-corrected chi connectivity index (χ1v) is 9.91. The summed E-state index contributed by atoms with van der Waals surface area (Å²) in [5.41, 5.74) is 2.37. The Morgan fingerprint density at radius 2 is 1.93 bits per heavy atom. The van der Waals surface area contributed by atoms with Crippen LogP contribution in [0.3, 0.4) is 0 Å². The summed E-state index contributed by atoms with van der Waals surface area (Å²) in [6.07, 6.45) is 0. The fraction of sp³-hybridized carbons (Fsp3) is 0.150. The predicted octanol–water partition coefficient (Wildman–Crippen LogP) is 3.65. The summed E-state index contributed by atoms with van der Waals surface area (Å²) in [5.74, 6) is 1.06. The number of rotatable bonds is 7. The number of hydrogen-bond donors (Lipinski definition) is 1. The largest absolute Gasteiger partial charge is 0.486 e. The lowest BCUT2D eigenvalue weighted by Gasteiger charge is -2.07. The van der Waals surface area contributed by atoms with Crippen LogP contribution in [0.1, 0.15) is 23.1 Å². The van der Waals surface area contributed by atoms with Gasteiger partial charge in [-0.25, -0.2) is 9.67 Å². The van der Waals surface area contributed by atoms with Crippen LogP contribution in [0.25, 0.3) is 11.3 Å². The van der Waals surface area contributed by atoms with Crippen molar-refractivity contribution < 1.29 is 9.53 Å². The molecule has 0 bridgehead atoms. The zero-order valence-corrected chi connectivity index (χ0v) is 16.5. The van der Waals surface area contributed by atoms with E-state index in [2.05, 4.69) is 25.8 Å². The molecule has 0 saturated carbocycles. The Morgan fingerprint density at radius 1 is 1.14 bits per heavy atom. The molecule has 1 amide bonds. The maximum atomic E-state index is 12.5. The molecular weight excluding hydrogens is 388 g/mol. The van der Waals surface area contributed by atoms with Crippen molar-refractivity contribution in [2.75, 3.05) is 5.32 Å². The standard InChI is InChI=1S/C20H18N6O2S/c1-2-26-18(23-24-25-26)12-28-16-10-8-15(9-11-16)19(27)22-20-21-17(13-29-20)14-6-4-3-5-7-14/h3-11,13H,2,12H2,1H3,(H,21,22,27). The minimum absolute atomic E-state index is 0.222. The van der Waals surface area contributed by atoms with Gasteiger partial charge in [0.05, 0.1) is 5.69 Å². The highest BCUT2D eigenvalue weighted by Gasteiger charge is 2.11. The third-order valence-corrected chi connectivity index (χ3v) is 4.94. The van der Waals surface area contributed by atoms with Gasteiger partial charge in [-0.1, -0.05) is 30.3 Å². The molecule has 2 aromatic carbocycles. The van der Waals surface area contributed by atoms with Gasteiger partial charge in [-0.2, -0.15) is 0 Å². The highest BCUT2D eigenvalue weighted by Crippen LogP contribution is 2.25. The first-order chi connectivity index (χ1) is 14.2. The van der Waals surface area contributed by atoms with Crippen LogP contribution in [0, 0.1) is 0 Å². The lowest BCUT2D eigenvalue weighted by molar-refractivity contribution is 0.102. The van der Waals surface area contributed by atoms with Crippen LogP contribution in [0.15, 0.2) is 60.0 Å². The van der Waals surface area contributed by atoms with Crippen LogP contribution in [0.5, 0.6) is 5.75 Å². The summed E-state index contributed by atoms with van der Waals surface area (Å²) >= 11 is 1.39. The Balaban J connectivity index is 1.36. The van der Waals surface area contributed by atoms with E-state index >= 15 is 0 Å². The highest BCUT2D eigenvalue weighted by atomic mass is 32.1. The van der Waals surface area contributed by atoms with E-state index in [4.69, 9.17) is 4.74 Å². The van der Waals surface area contributed by atoms with Crippen molar-refractivity contribution >= 4 is 22.4 Å². The molecule has 0 unspecified atom stereocenters. The van der Waals surface area contributed by atoms with Crippen LogP contribution in [-0.4, -0.2) is 31.1 Å². The highest BCUT2D eigenvalue weighted by molar-refractivity contribution is 7.14. The minimum Gasteiger partial charge on any atom is -0.486 e.